The van der Waals surface area contributed by atoms with E-state index < -0.39 is 22.2 Å². The monoisotopic (exact) mass is 1360 g/mol. The Bertz CT molecular complexity index is 5530. The number of nitrogens with zero attached hydrogens (tertiary/aromatic N) is 4. The topological polar surface area (TPSA) is 167 Å². The number of anilines is 3. The van der Waals surface area contributed by atoms with Crippen molar-refractivity contribution in [2.24, 2.45) is 45.5 Å². The van der Waals surface area contributed by atoms with Crippen LogP contribution < -0.4 is 36.7 Å². The number of carbonyl (C=O) groups excluding carboxylic acids is 3. The zero-order chi connectivity index (χ0) is 72.3. The molecule has 4 aliphatic heterocycles. The SMILES string of the molecule is CC(C)CCN1/C(=C\C2=C(O)C(=c3\ccc4ccc(C5=C(O)/C(=c6\ccc7ccc(C8=C(O)/C(=C/C9=[N+](CCC(C)C)c%10ccc%11ccccc%11c%10C9(C)C)C8=O)c8c7c6=NC(CC(C)C)(CC(C)C)N8)C5=O)c5c4c3=NC(CC(C)C)(CC(C)C)N5)/C2=O)C(C)(C)c2c1ccc1ccccc21. The minimum atomic E-state index is -0.914. The molecule has 0 aromatic heterocycles. The molecule has 15 rings (SSSR count). The Hall–Kier alpha value is -9.68. The minimum Gasteiger partial charge on any atom is -0.506 e. The second kappa shape index (κ2) is 24.5. The first-order valence-corrected chi connectivity index (χ1v) is 37.3. The lowest BCUT2D eigenvalue weighted by Gasteiger charge is -2.40. The molecule has 5 N–H and O–H groups in total. The zero-order valence-electron chi connectivity index (χ0n) is 62.2. The molecule has 8 aromatic carbocycles. The number of hydrogen-bond donors (Lipinski definition) is 5. The zero-order valence-corrected chi connectivity index (χ0v) is 62.2. The van der Waals surface area contributed by atoms with E-state index in [9.17, 15) is 15.3 Å². The lowest BCUT2D eigenvalue weighted by Crippen LogP contribution is -2.48. The summed E-state index contributed by atoms with van der Waals surface area (Å²) in [6.07, 6.45) is 8.15. The maximum Gasteiger partial charge on any atom is 0.210 e. The van der Waals surface area contributed by atoms with Gasteiger partial charge in [0, 0.05) is 79.8 Å². The summed E-state index contributed by atoms with van der Waals surface area (Å²) in [6.45, 7) is 36.6. The van der Waals surface area contributed by atoms with Crippen molar-refractivity contribution < 1.29 is 34.3 Å². The van der Waals surface area contributed by atoms with Crippen LogP contribution in [0.4, 0.5) is 22.7 Å². The predicted molar refractivity (Wildman–Crippen MR) is 417 cm³/mol. The van der Waals surface area contributed by atoms with Gasteiger partial charge >= 0.3 is 0 Å². The van der Waals surface area contributed by atoms with Crippen LogP contribution in [0.1, 0.15) is 172 Å². The van der Waals surface area contributed by atoms with Crippen molar-refractivity contribution in [3.63, 3.8) is 0 Å². The average molecular weight is 1360 g/mol. The van der Waals surface area contributed by atoms with Crippen LogP contribution in [0.2, 0.25) is 0 Å². The molecule has 0 radical (unpaired) electrons. The second-order valence-electron chi connectivity index (χ2n) is 33.7. The molecule has 4 heterocycles. The Morgan fingerprint density at radius 3 is 1.43 bits per heavy atom. The third kappa shape index (κ3) is 10.6. The number of rotatable bonds is 18. The van der Waals surface area contributed by atoms with Gasteiger partial charge in [0.2, 0.25) is 23.0 Å². The summed E-state index contributed by atoms with van der Waals surface area (Å²) in [6, 6.07) is 41.1. The number of fused-ring (bicyclic) bond motifs is 6. The highest BCUT2D eigenvalue weighted by molar-refractivity contribution is 6.52. The normalized spacial score (nSPS) is 20.3. The van der Waals surface area contributed by atoms with Crippen LogP contribution in [0, 0.1) is 35.5 Å². The van der Waals surface area contributed by atoms with E-state index in [4.69, 9.17) is 9.98 Å². The summed E-state index contributed by atoms with van der Waals surface area (Å²) in [5.74, 6) is 0.338. The van der Waals surface area contributed by atoms with E-state index in [-0.39, 0.29) is 91.7 Å². The van der Waals surface area contributed by atoms with Crippen LogP contribution in [0.25, 0.3) is 65.4 Å². The number of aliphatic hydroxyl groups excluding tert-OH is 3. The molecule has 12 heteroatoms. The summed E-state index contributed by atoms with van der Waals surface area (Å²) in [5.41, 5.74) is 7.28. The quantitative estimate of drug-likeness (QED) is 0.0415. The molecular weight excluding hydrogens is 1260 g/mol. The molecule has 0 atom stereocenters. The Morgan fingerprint density at radius 2 is 0.941 bits per heavy atom. The van der Waals surface area contributed by atoms with E-state index >= 15 is 14.4 Å². The highest BCUT2D eigenvalue weighted by Gasteiger charge is 2.50. The summed E-state index contributed by atoms with van der Waals surface area (Å²) in [5, 5.41) is 55.8. The predicted octanol–water partition coefficient (Wildman–Crippen LogP) is 17.8. The Kier molecular flexibility index (Phi) is 16.4. The summed E-state index contributed by atoms with van der Waals surface area (Å²) < 4.78 is 2.35. The van der Waals surface area contributed by atoms with Crippen LogP contribution in [0.15, 0.2) is 178 Å². The van der Waals surface area contributed by atoms with E-state index in [1.807, 2.05) is 60.7 Å². The number of carbonyl (C=O) groups is 3. The van der Waals surface area contributed by atoms with Crippen LogP contribution in [-0.2, 0) is 25.2 Å². The first-order valence-electron chi connectivity index (χ1n) is 37.3. The molecule has 7 aliphatic rings. The van der Waals surface area contributed by atoms with Gasteiger partial charge in [0.1, 0.15) is 35.1 Å². The van der Waals surface area contributed by atoms with Crippen molar-refractivity contribution >= 4 is 111 Å². The molecule has 0 saturated carbocycles. The van der Waals surface area contributed by atoms with Crippen molar-refractivity contribution in [3.8, 4) is 0 Å². The third-order valence-electron chi connectivity index (χ3n) is 22.5. The molecule has 12 nitrogen and oxygen atoms in total. The fraction of sp³-hybridized carbons (Fsp3) is 0.378. The van der Waals surface area contributed by atoms with Gasteiger partial charge in [0.05, 0.1) is 60.9 Å². The molecule has 0 fully saturated rings. The molecule has 0 bridgehead atoms. The van der Waals surface area contributed by atoms with E-state index in [2.05, 4.69) is 204 Å². The molecule has 0 amide bonds. The fourth-order valence-electron chi connectivity index (χ4n) is 18.3. The van der Waals surface area contributed by atoms with Gasteiger partial charge in [0.15, 0.2) is 5.71 Å². The number of allylic oxidation sites excluding steroid dienone is 9. The number of benzene rings is 8. The molecule has 0 spiro atoms. The Morgan fingerprint density at radius 1 is 0.471 bits per heavy atom. The van der Waals surface area contributed by atoms with E-state index in [1.54, 1.807) is 0 Å². The van der Waals surface area contributed by atoms with Crippen molar-refractivity contribution in [2.75, 3.05) is 28.6 Å². The maximum atomic E-state index is 15.8. The lowest BCUT2D eigenvalue weighted by atomic mass is 9.75. The van der Waals surface area contributed by atoms with Gasteiger partial charge in [-0.05, 0) is 138 Å². The van der Waals surface area contributed by atoms with Crippen LogP contribution in [0.5, 0.6) is 0 Å². The van der Waals surface area contributed by atoms with Gasteiger partial charge < -0.3 is 30.9 Å². The van der Waals surface area contributed by atoms with Gasteiger partial charge in [-0.2, -0.15) is 4.58 Å². The molecular formula is C90H97N6O6+. The average Bonchev–Trinajstić information content (AvgIpc) is 0.816. The van der Waals surface area contributed by atoms with Gasteiger partial charge in [-0.1, -0.05) is 200 Å². The van der Waals surface area contributed by atoms with Gasteiger partial charge in [-0.3, -0.25) is 24.4 Å². The third-order valence-corrected chi connectivity index (χ3v) is 22.5. The summed E-state index contributed by atoms with van der Waals surface area (Å²) in [4.78, 5) is 60.1. The number of hydrogen-bond acceptors (Lipinski definition) is 11. The van der Waals surface area contributed by atoms with Gasteiger partial charge in [-0.15, -0.1) is 0 Å². The maximum absolute atomic E-state index is 15.8. The Balaban J connectivity index is 0.897. The van der Waals surface area contributed by atoms with Crippen LogP contribution in [-0.4, -0.2) is 67.4 Å². The number of Topliss-reactive ketones (excluding diaryl/α,β-unsaturated/α-hetero) is 3. The first kappa shape index (κ1) is 68.1. The van der Waals surface area contributed by atoms with Crippen molar-refractivity contribution in [1.29, 1.82) is 0 Å². The summed E-state index contributed by atoms with van der Waals surface area (Å²) >= 11 is 0. The molecule has 0 saturated heterocycles. The molecule has 522 valence electrons. The van der Waals surface area contributed by atoms with Crippen molar-refractivity contribution in [2.45, 2.75) is 171 Å². The van der Waals surface area contributed by atoms with Gasteiger partial charge in [-0.25, -0.2) is 0 Å². The summed E-state index contributed by atoms with van der Waals surface area (Å²) in [7, 11) is 0. The van der Waals surface area contributed by atoms with E-state index in [1.165, 1.54) is 21.9 Å². The standard InChI is InChI=1S/C90H96N6O6/c1-47(2)37-39-95-65-35-29-53-21-17-19-23-57(53)75(65)87(13,14)67(95)41-63-81(97)71(82(63)98)59-31-25-55-27-33-61(79-69(55)77(59)91-89(93-79,43-49(5)6)44-50(7)8)73-85(101)74(86(73)102)62-34-28-56-26-32-60(78-70(56)80(62)94-90(92-78,45-51(9)10)46-52(11)12)72-83(99)64(84(72)100)42-68-88(15,16)76-58-24-20-18-22-54(58)30-36-66(76)96(68)40-38-48(3)4/h17-36,41-42,47-52H,37-40,43-46H2,1-16H3,(H4,91,92,93,94,97,98,99,100,101,102)/p+1/b67-41-. The fourth-order valence-corrected chi connectivity index (χ4v) is 18.3. The number of ketones is 3. The lowest BCUT2D eigenvalue weighted by molar-refractivity contribution is -0.439. The highest BCUT2D eigenvalue weighted by Crippen LogP contribution is 2.54. The molecule has 102 heavy (non-hydrogen) atoms. The largest absolute Gasteiger partial charge is 0.506 e. The van der Waals surface area contributed by atoms with Gasteiger partial charge in [0.25, 0.3) is 0 Å². The second-order valence-corrected chi connectivity index (χ2v) is 33.7. The molecule has 3 aliphatic carbocycles. The van der Waals surface area contributed by atoms with E-state index in [0.29, 0.717) is 91.9 Å². The Labute approximate surface area is 598 Å². The van der Waals surface area contributed by atoms with Crippen LogP contribution >= 0.6 is 0 Å². The molecule has 8 aromatic rings. The van der Waals surface area contributed by atoms with Crippen LogP contribution in [0.3, 0.4) is 0 Å². The smallest absolute Gasteiger partial charge is 0.210 e. The minimum absolute atomic E-state index is 0.0685. The molecule has 0 unspecified atom stereocenters. The van der Waals surface area contributed by atoms with Crippen molar-refractivity contribution in [3.05, 3.63) is 211 Å². The number of aliphatic hydroxyl groups is 3. The highest BCUT2D eigenvalue weighted by atomic mass is 16.3. The first-order chi connectivity index (χ1) is 48.4. The number of nitrogens with one attached hydrogen (secondary N) is 2. The van der Waals surface area contributed by atoms with Crippen molar-refractivity contribution in [1.82, 2.24) is 0 Å². The van der Waals surface area contributed by atoms with E-state index in [0.717, 1.165) is 70.3 Å².